The Morgan fingerprint density at radius 1 is 0.857 bits per heavy atom. The average Bonchev–Trinajstić information content (AvgIpc) is 2.17. The van der Waals surface area contributed by atoms with Gasteiger partial charge in [0, 0.05) is 0 Å². The van der Waals surface area contributed by atoms with E-state index in [1.807, 2.05) is 0 Å². The first-order chi connectivity index (χ1) is 6.54. The van der Waals surface area contributed by atoms with Gasteiger partial charge in [0.1, 0.15) is 23.3 Å². The molecule has 0 aromatic carbocycles. The molecule has 4 nitrogen and oxygen atoms in total. The topological polar surface area (TPSA) is 81.7 Å². The van der Waals surface area contributed by atoms with Gasteiger partial charge in [-0.1, -0.05) is 0 Å². The van der Waals surface area contributed by atoms with Gasteiger partial charge in [0.2, 0.25) is 11.6 Å². The molecular weight excluding hydrogens is 316 g/mol. The van der Waals surface area contributed by atoms with Crippen LogP contribution in [0.2, 0.25) is 0 Å². The van der Waals surface area contributed by atoms with Crippen LogP contribution in [0, 0.1) is 22.7 Å². The molecule has 0 radical (unpaired) electrons. The Morgan fingerprint density at radius 2 is 1.14 bits per heavy atom. The molecule has 1 rings (SSSR count). The molecule has 68 valence electrons. The fourth-order valence-electron chi connectivity index (χ4n) is 0.846. The molecule has 0 aromatic rings. The molecule has 0 fully saturated rings. The number of hydrogen-bond donors (Lipinski definition) is 0. The summed E-state index contributed by atoms with van der Waals surface area (Å²) in [6, 6.07) is 3.20. The molecule has 6 heteroatoms. The summed E-state index contributed by atoms with van der Waals surface area (Å²) in [5.41, 5.74) is -0.582. The first-order valence-corrected chi connectivity index (χ1v) is 4.82. The summed E-state index contributed by atoms with van der Waals surface area (Å²) in [5.74, 6) is -1.31. The van der Waals surface area contributed by atoms with Crippen LogP contribution in [0.5, 0.6) is 0 Å². The van der Waals surface area contributed by atoms with Gasteiger partial charge in [-0.05, 0) is 31.9 Å². The lowest BCUT2D eigenvalue weighted by molar-refractivity contribution is -0.115. The average molecular weight is 316 g/mol. The summed E-state index contributed by atoms with van der Waals surface area (Å²) in [6.45, 7) is 0. The first-order valence-electron chi connectivity index (χ1n) is 3.23. The number of halogens is 2. The van der Waals surface area contributed by atoms with Gasteiger partial charge in [0.15, 0.2) is 0 Å². The summed E-state index contributed by atoms with van der Waals surface area (Å²) < 4.78 is -0.325. The smallest absolute Gasteiger partial charge is 0.213 e. The number of allylic oxidation sites excluding steroid dienone is 4. The predicted molar refractivity (Wildman–Crippen MR) is 53.1 cm³/mol. The van der Waals surface area contributed by atoms with Crippen LogP contribution in [-0.2, 0) is 9.59 Å². The summed E-state index contributed by atoms with van der Waals surface area (Å²) >= 11 is 5.62. The van der Waals surface area contributed by atoms with Crippen molar-refractivity contribution in [2.75, 3.05) is 0 Å². The Hall–Kier alpha value is -1.24. The van der Waals surface area contributed by atoms with E-state index in [4.69, 9.17) is 10.5 Å². The summed E-state index contributed by atoms with van der Waals surface area (Å²) in [7, 11) is 0. The minimum atomic E-state index is -0.657. The largest absolute Gasteiger partial charge is 0.287 e. The van der Waals surface area contributed by atoms with Crippen molar-refractivity contribution >= 4 is 43.4 Å². The lowest BCUT2D eigenvalue weighted by atomic mass is 9.99. The van der Waals surface area contributed by atoms with Crippen molar-refractivity contribution in [3.63, 3.8) is 0 Å². The SMILES string of the molecule is N#CC1=C(Br)C(=O)C(C#N)=C(Br)C1=O. The van der Waals surface area contributed by atoms with E-state index in [2.05, 4.69) is 31.9 Å². The third-order valence-electron chi connectivity index (χ3n) is 1.52. The second kappa shape index (κ2) is 3.87. The number of Topliss-reactive ketones (excluding diaryl/α,β-unsaturated/α-hetero) is 2. The highest BCUT2D eigenvalue weighted by Crippen LogP contribution is 2.30. The van der Waals surface area contributed by atoms with Gasteiger partial charge in [0.25, 0.3) is 0 Å². The van der Waals surface area contributed by atoms with E-state index in [1.54, 1.807) is 12.1 Å². The number of carbonyl (C=O) groups excluding carboxylic acids is 2. The Bertz CT molecular complexity index is 442. The zero-order chi connectivity index (χ0) is 10.9. The van der Waals surface area contributed by atoms with Gasteiger partial charge in [-0.2, -0.15) is 10.5 Å². The van der Waals surface area contributed by atoms with Crippen molar-refractivity contribution < 1.29 is 9.59 Å². The standard InChI is InChI=1S/C8Br2N2O2/c9-5-3(1-11)7(13)6(10)4(2-12)8(5)14. The van der Waals surface area contributed by atoms with E-state index in [1.165, 1.54) is 0 Å². The van der Waals surface area contributed by atoms with Crippen molar-refractivity contribution in [2.24, 2.45) is 0 Å². The van der Waals surface area contributed by atoms with Crippen molar-refractivity contribution in [3.05, 3.63) is 20.1 Å². The number of nitriles is 2. The Morgan fingerprint density at radius 3 is 1.36 bits per heavy atom. The van der Waals surface area contributed by atoms with E-state index in [-0.39, 0.29) is 20.1 Å². The lowest BCUT2D eigenvalue weighted by Gasteiger charge is -2.08. The van der Waals surface area contributed by atoms with Crippen LogP contribution in [-0.4, -0.2) is 11.6 Å². The highest BCUT2D eigenvalue weighted by Gasteiger charge is 2.32. The van der Waals surface area contributed by atoms with Crippen LogP contribution in [0.1, 0.15) is 0 Å². The molecule has 0 spiro atoms. The van der Waals surface area contributed by atoms with Crippen LogP contribution in [0.25, 0.3) is 0 Å². The van der Waals surface area contributed by atoms with Gasteiger partial charge in [-0.25, -0.2) is 0 Å². The molecule has 0 bridgehead atoms. The molecule has 0 unspecified atom stereocenters. The number of rotatable bonds is 0. The number of ketones is 2. The lowest BCUT2D eigenvalue weighted by Crippen LogP contribution is -2.18. The maximum Gasteiger partial charge on any atom is 0.213 e. The number of carbonyl (C=O) groups is 2. The van der Waals surface area contributed by atoms with Gasteiger partial charge >= 0.3 is 0 Å². The molecule has 1 aliphatic rings. The van der Waals surface area contributed by atoms with E-state index >= 15 is 0 Å². The quantitative estimate of drug-likeness (QED) is 0.634. The number of hydrogen-bond acceptors (Lipinski definition) is 4. The zero-order valence-corrected chi connectivity index (χ0v) is 9.64. The maximum atomic E-state index is 11.4. The molecule has 1 aliphatic carbocycles. The second-order valence-electron chi connectivity index (χ2n) is 2.26. The van der Waals surface area contributed by atoms with E-state index in [0.717, 1.165) is 0 Å². The van der Waals surface area contributed by atoms with Crippen molar-refractivity contribution in [1.29, 1.82) is 10.5 Å². The van der Waals surface area contributed by atoms with Crippen LogP contribution >= 0.6 is 31.9 Å². The Balaban J connectivity index is 3.47. The molecule has 0 saturated heterocycles. The molecule has 0 amide bonds. The van der Waals surface area contributed by atoms with Crippen LogP contribution in [0.3, 0.4) is 0 Å². The molecular formula is C8Br2N2O2. The van der Waals surface area contributed by atoms with E-state index in [0.29, 0.717) is 0 Å². The van der Waals surface area contributed by atoms with Crippen LogP contribution < -0.4 is 0 Å². The van der Waals surface area contributed by atoms with Crippen molar-refractivity contribution in [2.45, 2.75) is 0 Å². The van der Waals surface area contributed by atoms with Crippen molar-refractivity contribution in [1.82, 2.24) is 0 Å². The molecule has 0 heterocycles. The minimum Gasteiger partial charge on any atom is -0.287 e. The fraction of sp³-hybridized carbons (Fsp3) is 0. The summed E-state index contributed by atoms with van der Waals surface area (Å²) in [4.78, 5) is 22.7. The van der Waals surface area contributed by atoms with Gasteiger partial charge in [-0.3, -0.25) is 9.59 Å². The molecule has 0 N–H and O–H groups in total. The van der Waals surface area contributed by atoms with Crippen LogP contribution in [0.15, 0.2) is 20.1 Å². The zero-order valence-electron chi connectivity index (χ0n) is 6.47. The maximum absolute atomic E-state index is 11.4. The molecule has 0 aromatic heterocycles. The van der Waals surface area contributed by atoms with Gasteiger partial charge < -0.3 is 0 Å². The van der Waals surface area contributed by atoms with Gasteiger partial charge in [-0.15, -0.1) is 0 Å². The normalized spacial score (nSPS) is 16.9. The first kappa shape index (κ1) is 10.8. The monoisotopic (exact) mass is 314 g/mol. The molecule has 0 atom stereocenters. The minimum absolute atomic E-state index is 0.162. The summed E-state index contributed by atoms with van der Waals surface area (Å²) in [6.07, 6.45) is 0. The highest BCUT2D eigenvalue weighted by atomic mass is 79.9. The highest BCUT2D eigenvalue weighted by molar-refractivity contribution is 9.12. The summed E-state index contributed by atoms with van der Waals surface area (Å²) in [5, 5.41) is 17.2. The van der Waals surface area contributed by atoms with Gasteiger partial charge in [0.05, 0.1) is 8.96 Å². The van der Waals surface area contributed by atoms with E-state index < -0.39 is 11.6 Å². The molecule has 0 saturated carbocycles. The van der Waals surface area contributed by atoms with Crippen molar-refractivity contribution in [3.8, 4) is 12.1 Å². The predicted octanol–water partition coefficient (Wildman–Crippen LogP) is 1.48. The second-order valence-corrected chi connectivity index (χ2v) is 3.85. The van der Waals surface area contributed by atoms with Crippen LogP contribution in [0.4, 0.5) is 0 Å². The molecule has 14 heavy (non-hydrogen) atoms. The Kier molecular flexibility index (Phi) is 3.00. The molecule has 0 aliphatic heterocycles. The third kappa shape index (κ3) is 1.43. The van der Waals surface area contributed by atoms with E-state index in [9.17, 15) is 9.59 Å². The number of nitrogens with zero attached hydrogens (tertiary/aromatic N) is 2. The fourth-order valence-corrected chi connectivity index (χ4v) is 1.78. The third-order valence-corrected chi connectivity index (χ3v) is 3.03. The Labute approximate surface area is 95.8 Å².